The molecule has 4 aromatic rings. The zero-order chi connectivity index (χ0) is 21.5. The number of nitro groups is 1. The van der Waals surface area contributed by atoms with E-state index in [4.69, 9.17) is 4.74 Å². The van der Waals surface area contributed by atoms with Crippen molar-refractivity contribution in [1.82, 2.24) is 9.38 Å². The highest BCUT2D eigenvalue weighted by molar-refractivity contribution is 7.92. The molecule has 0 aliphatic heterocycles. The summed E-state index contributed by atoms with van der Waals surface area (Å²) in [5.41, 5.74) is 0.326. The molecule has 2 aromatic carbocycles. The van der Waals surface area contributed by atoms with Gasteiger partial charge in [-0.05, 0) is 53.5 Å². The smallest absolute Gasteiger partial charge is 0.393 e. The first-order chi connectivity index (χ1) is 14.3. The first-order valence-electron chi connectivity index (χ1n) is 8.40. The lowest BCUT2D eigenvalue weighted by Gasteiger charge is -2.19. The molecule has 12 heteroatoms. The predicted octanol–water partition coefficient (Wildman–Crippen LogP) is 4.06. The molecule has 2 aromatic heterocycles. The van der Waals surface area contributed by atoms with Crippen LogP contribution in [0.2, 0.25) is 0 Å². The maximum Gasteiger partial charge on any atom is 0.393 e. The Balaban J connectivity index is 1.59. The van der Waals surface area contributed by atoms with Gasteiger partial charge in [0.15, 0.2) is 0 Å². The standard InChI is InChI=1S/C18H13FN4O5S2/c1-21(30(26,27)15-8-2-12(19)3-9-15)13-4-6-14(7-5-13)28-16-17(23(24)25)22-10-11-29-18(22)20-16/h2-11H,1H3. The Morgan fingerprint density at radius 2 is 1.83 bits per heavy atom. The van der Waals surface area contributed by atoms with Crippen LogP contribution in [0.15, 0.2) is 65.0 Å². The van der Waals surface area contributed by atoms with Crippen molar-refractivity contribution < 1.29 is 22.5 Å². The Kier molecular flexibility index (Phi) is 4.87. The zero-order valence-electron chi connectivity index (χ0n) is 15.3. The minimum absolute atomic E-state index is 0.0552. The largest absolute Gasteiger partial charge is 0.433 e. The average Bonchev–Trinajstić information content (AvgIpc) is 3.29. The predicted molar refractivity (Wildman–Crippen MR) is 108 cm³/mol. The summed E-state index contributed by atoms with van der Waals surface area (Å²) in [6.45, 7) is 0. The molecule has 0 N–H and O–H groups in total. The van der Waals surface area contributed by atoms with E-state index in [9.17, 15) is 22.9 Å². The van der Waals surface area contributed by atoms with Crippen LogP contribution in [0.25, 0.3) is 4.96 Å². The molecule has 4 rings (SSSR count). The molecule has 0 aliphatic carbocycles. The van der Waals surface area contributed by atoms with Gasteiger partial charge in [-0.15, -0.1) is 0 Å². The monoisotopic (exact) mass is 448 g/mol. The van der Waals surface area contributed by atoms with Crippen LogP contribution in [0, 0.1) is 15.9 Å². The fourth-order valence-electron chi connectivity index (χ4n) is 2.73. The second-order valence-electron chi connectivity index (χ2n) is 6.08. The minimum Gasteiger partial charge on any atom is -0.433 e. The summed E-state index contributed by atoms with van der Waals surface area (Å²) in [6.07, 6.45) is 1.52. The highest BCUT2D eigenvalue weighted by Crippen LogP contribution is 2.34. The van der Waals surface area contributed by atoms with Crippen molar-refractivity contribution >= 4 is 37.8 Å². The molecule has 0 radical (unpaired) electrons. The molecule has 0 saturated heterocycles. The van der Waals surface area contributed by atoms with Gasteiger partial charge in [-0.3, -0.25) is 4.31 Å². The molecular weight excluding hydrogens is 435 g/mol. The van der Waals surface area contributed by atoms with Gasteiger partial charge < -0.3 is 14.9 Å². The van der Waals surface area contributed by atoms with E-state index in [-0.39, 0.29) is 22.3 Å². The van der Waals surface area contributed by atoms with Crippen LogP contribution < -0.4 is 9.04 Å². The Bertz CT molecular complexity index is 1330. The Morgan fingerprint density at radius 1 is 1.17 bits per heavy atom. The Morgan fingerprint density at radius 3 is 2.47 bits per heavy atom. The van der Waals surface area contributed by atoms with Gasteiger partial charge in [-0.2, -0.15) is 9.38 Å². The second-order valence-corrected chi connectivity index (χ2v) is 8.92. The molecule has 9 nitrogen and oxygen atoms in total. The van der Waals surface area contributed by atoms with Crippen molar-refractivity contribution in [2.75, 3.05) is 11.4 Å². The van der Waals surface area contributed by atoms with Gasteiger partial charge in [0.2, 0.25) is 0 Å². The van der Waals surface area contributed by atoms with E-state index < -0.39 is 20.8 Å². The SMILES string of the molecule is CN(c1ccc(Oc2nc3sccn3c2[N+](=O)[O-])cc1)S(=O)(=O)c1ccc(F)cc1. The molecule has 0 fully saturated rings. The molecule has 0 spiro atoms. The number of sulfonamides is 1. The average molecular weight is 448 g/mol. The molecule has 0 amide bonds. The van der Waals surface area contributed by atoms with Crippen LogP contribution in [0.1, 0.15) is 0 Å². The number of aromatic nitrogens is 2. The van der Waals surface area contributed by atoms with Crippen molar-refractivity contribution in [3.8, 4) is 11.6 Å². The van der Waals surface area contributed by atoms with E-state index in [1.54, 1.807) is 5.38 Å². The first-order valence-corrected chi connectivity index (χ1v) is 10.7. The molecule has 0 aliphatic rings. The van der Waals surface area contributed by atoms with Crippen LogP contribution >= 0.6 is 11.3 Å². The summed E-state index contributed by atoms with van der Waals surface area (Å²) >= 11 is 1.23. The first kappa shape index (κ1) is 19.8. The fourth-order valence-corrected chi connectivity index (χ4v) is 4.62. The maximum atomic E-state index is 13.1. The summed E-state index contributed by atoms with van der Waals surface area (Å²) < 4.78 is 46.4. The number of thiazole rings is 1. The van der Waals surface area contributed by atoms with Gasteiger partial charge >= 0.3 is 11.7 Å². The third-order valence-corrected chi connectivity index (χ3v) is 6.82. The van der Waals surface area contributed by atoms with Crippen molar-refractivity contribution in [3.05, 3.63) is 76.0 Å². The molecule has 0 saturated carbocycles. The highest BCUT2D eigenvalue weighted by atomic mass is 32.2. The lowest BCUT2D eigenvalue weighted by atomic mass is 10.3. The highest BCUT2D eigenvalue weighted by Gasteiger charge is 2.26. The normalized spacial score (nSPS) is 11.5. The topological polar surface area (TPSA) is 107 Å². The third kappa shape index (κ3) is 3.46. The van der Waals surface area contributed by atoms with E-state index in [0.717, 1.165) is 16.4 Å². The van der Waals surface area contributed by atoms with Gasteiger partial charge in [-0.1, -0.05) is 11.3 Å². The lowest BCUT2D eigenvalue weighted by molar-refractivity contribution is -0.391. The van der Waals surface area contributed by atoms with Gasteiger partial charge in [0.1, 0.15) is 17.8 Å². The maximum absolute atomic E-state index is 13.1. The van der Waals surface area contributed by atoms with Crippen molar-refractivity contribution in [2.45, 2.75) is 4.90 Å². The van der Waals surface area contributed by atoms with E-state index in [1.807, 2.05) is 0 Å². The number of ether oxygens (including phenoxy) is 1. The van der Waals surface area contributed by atoms with Crippen molar-refractivity contribution in [2.24, 2.45) is 0 Å². The fraction of sp³-hybridized carbons (Fsp3) is 0.0556. The van der Waals surface area contributed by atoms with Gasteiger partial charge in [0, 0.05) is 12.4 Å². The number of rotatable bonds is 6. The van der Waals surface area contributed by atoms with Crippen LogP contribution in [-0.2, 0) is 10.0 Å². The van der Waals surface area contributed by atoms with Gasteiger partial charge in [0.05, 0.1) is 10.6 Å². The van der Waals surface area contributed by atoms with Crippen LogP contribution in [0.5, 0.6) is 11.6 Å². The summed E-state index contributed by atoms with van der Waals surface area (Å²) in [6, 6.07) is 10.4. The molecule has 30 heavy (non-hydrogen) atoms. The number of halogens is 1. The zero-order valence-corrected chi connectivity index (χ0v) is 16.9. The van der Waals surface area contributed by atoms with Crippen LogP contribution in [0.3, 0.4) is 0 Å². The molecule has 2 heterocycles. The Labute approximate surface area is 173 Å². The second kappa shape index (κ2) is 7.39. The number of benzene rings is 2. The van der Waals surface area contributed by atoms with Gasteiger partial charge in [-0.25, -0.2) is 12.8 Å². The molecular formula is C18H13FN4O5S2. The van der Waals surface area contributed by atoms with E-state index in [2.05, 4.69) is 4.98 Å². The summed E-state index contributed by atoms with van der Waals surface area (Å²) in [5, 5.41) is 13.0. The van der Waals surface area contributed by atoms with E-state index >= 15 is 0 Å². The number of imidazole rings is 1. The summed E-state index contributed by atoms with van der Waals surface area (Å²) in [7, 11) is -2.52. The molecule has 0 bridgehead atoms. The van der Waals surface area contributed by atoms with Crippen LogP contribution in [0.4, 0.5) is 15.9 Å². The number of nitrogens with zero attached hydrogens (tertiary/aromatic N) is 4. The third-order valence-electron chi connectivity index (χ3n) is 4.27. The molecule has 154 valence electrons. The number of fused-ring (bicyclic) bond motifs is 1. The number of hydrogen-bond donors (Lipinski definition) is 0. The van der Waals surface area contributed by atoms with E-state index in [1.165, 1.54) is 65.4 Å². The molecule has 0 unspecified atom stereocenters. The minimum atomic E-state index is -3.89. The Hall–Kier alpha value is -3.51. The van der Waals surface area contributed by atoms with Crippen molar-refractivity contribution in [1.29, 1.82) is 0 Å². The van der Waals surface area contributed by atoms with Gasteiger partial charge in [0.25, 0.3) is 15.0 Å². The van der Waals surface area contributed by atoms with Crippen LogP contribution in [-0.4, -0.2) is 29.8 Å². The number of hydrogen-bond acceptors (Lipinski definition) is 7. The van der Waals surface area contributed by atoms with E-state index in [0.29, 0.717) is 10.6 Å². The summed E-state index contributed by atoms with van der Waals surface area (Å²) in [4.78, 5) is 15.3. The quantitative estimate of drug-likeness (QED) is 0.325. The van der Waals surface area contributed by atoms with Crippen molar-refractivity contribution in [3.63, 3.8) is 0 Å². The molecule has 0 atom stereocenters. The number of anilines is 1. The lowest BCUT2D eigenvalue weighted by Crippen LogP contribution is -2.26. The summed E-state index contributed by atoms with van der Waals surface area (Å²) in [5.74, 6) is -0.746.